The Labute approximate surface area is 131 Å². The van der Waals surface area contributed by atoms with Crippen LogP contribution in [0.25, 0.3) is 6.08 Å². The number of hydrogen-bond donors (Lipinski definition) is 1. The highest BCUT2D eigenvalue weighted by molar-refractivity contribution is 5.96. The van der Waals surface area contributed by atoms with Gasteiger partial charge in [-0.05, 0) is 25.0 Å². The minimum Gasteiger partial charge on any atom is -0.478 e. The molecule has 0 spiro atoms. The third kappa shape index (κ3) is 2.50. The molecule has 1 aliphatic carbocycles. The van der Waals surface area contributed by atoms with Crippen LogP contribution in [0.3, 0.4) is 0 Å². The minimum atomic E-state index is -4.80. The van der Waals surface area contributed by atoms with Crippen LogP contribution in [0.1, 0.15) is 37.7 Å². The average Bonchev–Trinajstić information content (AvgIpc) is 2.53. The van der Waals surface area contributed by atoms with Gasteiger partial charge in [0.2, 0.25) is 5.60 Å². The molecule has 0 amide bonds. The number of hydrogen-bond acceptors (Lipinski definition) is 2. The SMILES string of the molecule is O=C(O)C1=Cc2ccccc2OC1(C1CCCCC1)C(F)(F)F. The Bertz CT molecular complexity index is 645. The Hall–Kier alpha value is -1.98. The van der Waals surface area contributed by atoms with Crippen molar-refractivity contribution in [3.8, 4) is 5.75 Å². The summed E-state index contributed by atoms with van der Waals surface area (Å²) in [5, 5.41) is 9.45. The van der Waals surface area contributed by atoms with Crippen LogP contribution >= 0.6 is 0 Å². The monoisotopic (exact) mass is 326 g/mol. The zero-order valence-corrected chi connectivity index (χ0v) is 12.4. The highest BCUT2D eigenvalue weighted by Crippen LogP contribution is 2.52. The van der Waals surface area contributed by atoms with Crippen molar-refractivity contribution in [1.82, 2.24) is 0 Å². The first-order chi connectivity index (χ1) is 10.9. The fraction of sp³-hybridized carbons (Fsp3) is 0.471. The maximum atomic E-state index is 14.1. The van der Waals surface area contributed by atoms with E-state index in [-0.39, 0.29) is 5.75 Å². The fourth-order valence-corrected chi connectivity index (χ4v) is 3.66. The number of carbonyl (C=O) groups is 1. The van der Waals surface area contributed by atoms with Crippen molar-refractivity contribution in [3.05, 3.63) is 35.4 Å². The Morgan fingerprint density at radius 2 is 1.83 bits per heavy atom. The lowest BCUT2D eigenvalue weighted by atomic mass is 9.71. The van der Waals surface area contributed by atoms with Gasteiger partial charge in [-0.2, -0.15) is 13.2 Å². The number of carboxylic acids is 1. The molecular weight excluding hydrogens is 309 g/mol. The van der Waals surface area contributed by atoms with Gasteiger partial charge in [-0.15, -0.1) is 0 Å². The summed E-state index contributed by atoms with van der Waals surface area (Å²) < 4.78 is 47.6. The van der Waals surface area contributed by atoms with Crippen LogP contribution in [0, 0.1) is 5.92 Å². The van der Waals surface area contributed by atoms with Crippen LogP contribution in [0.15, 0.2) is 29.8 Å². The quantitative estimate of drug-likeness (QED) is 0.874. The van der Waals surface area contributed by atoms with Gasteiger partial charge in [-0.25, -0.2) is 4.79 Å². The molecule has 1 aromatic carbocycles. The summed E-state index contributed by atoms with van der Waals surface area (Å²) >= 11 is 0. The molecule has 6 heteroatoms. The second kappa shape index (κ2) is 5.58. The lowest BCUT2D eigenvalue weighted by Gasteiger charge is -2.45. The second-order valence-electron chi connectivity index (χ2n) is 6.07. The molecule has 1 N–H and O–H groups in total. The number of fused-ring (bicyclic) bond motifs is 1. The molecule has 3 nitrogen and oxygen atoms in total. The molecular formula is C17H17F3O3. The smallest absolute Gasteiger partial charge is 0.433 e. The van der Waals surface area contributed by atoms with Gasteiger partial charge in [-0.3, -0.25) is 0 Å². The molecule has 124 valence electrons. The van der Waals surface area contributed by atoms with E-state index in [9.17, 15) is 23.1 Å². The van der Waals surface area contributed by atoms with Gasteiger partial charge in [-0.1, -0.05) is 37.5 Å². The first kappa shape index (κ1) is 15.9. The molecule has 0 radical (unpaired) electrons. The van der Waals surface area contributed by atoms with Crippen LogP contribution in [-0.4, -0.2) is 22.9 Å². The van der Waals surface area contributed by atoms with E-state index in [0.29, 0.717) is 31.2 Å². The van der Waals surface area contributed by atoms with Crippen LogP contribution in [0.4, 0.5) is 13.2 Å². The van der Waals surface area contributed by atoms with Crippen molar-refractivity contribution in [3.63, 3.8) is 0 Å². The van der Waals surface area contributed by atoms with Gasteiger partial charge >= 0.3 is 12.1 Å². The van der Waals surface area contributed by atoms with Crippen molar-refractivity contribution in [2.45, 2.75) is 43.9 Å². The molecule has 1 atom stereocenters. The highest BCUT2D eigenvalue weighted by Gasteiger charge is 2.66. The third-order valence-corrected chi connectivity index (χ3v) is 4.72. The van der Waals surface area contributed by atoms with Gasteiger partial charge in [0.1, 0.15) is 5.75 Å². The number of rotatable bonds is 2. The number of carboxylic acid groups (broad SMARTS) is 1. The van der Waals surface area contributed by atoms with Crippen LogP contribution in [0.2, 0.25) is 0 Å². The Balaban J connectivity index is 2.19. The molecule has 1 saturated carbocycles. The van der Waals surface area contributed by atoms with E-state index in [1.807, 2.05) is 0 Å². The second-order valence-corrected chi connectivity index (χ2v) is 6.07. The van der Waals surface area contributed by atoms with E-state index in [0.717, 1.165) is 12.5 Å². The van der Waals surface area contributed by atoms with Crippen molar-refractivity contribution in [2.75, 3.05) is 0 Å². The summed E-state index contributed by atoms with van der Waals surface area (Å²) in [6.07, 6.45) is -0.886. The molecule has 0 bridgehead atoms. The average molecular weight is 326 g/mol. The van der Waals surface area contributed by atoms with Crippen molar-refractivity contribution >= 4 is 12.0 Å². The molecule has 0 saturated heterocycles. The summed E-state index contributed by atoms with van der Waals surface area (Å²) in [6, 6.07) is 6.23. The molecule has 1 heterocycles. The highest BCUT2D eigenvalue weighted by atomic mass is 19.4. The van der Waals surface area contributed by atoms with Crippen molar-refractivity contribution < 1.29 is 27.8 Å². The topological polar surface area (TPSA) is 46.5 Å². The van der Waals surface area contributed by atoms with Gasteiger partial charge in [0.25, 0.3) is 0 Å². The lowest BCUT2D eigenvalue weighted by Crippen LogP contribution is -2.60. The summed E-state index contributed by atoms with van der Waals surface area (Å²) in [4.78, 5) is 11.6. The molecule has 3 rings (SSSR count). The van der Waals surface area contributed by atoms with Gasteiger partial charge < -0.3 is 9.84 Å². The van der Waals surface area contributed by atoms with Crippen LogP contribution in [-0.2, 0) is 4.79 Å². The largest absolute Gasteiger partial charge is 0.478 e. The molecule has 0 aromatic heterocycles. The van der Waals surface area contributed by atoms with Gasteiger partial charge in [0, 0.05) is 11.5 Å². The summed E-state index contributed by atoms with van der Waals surface area (Å²) in [7, 11) is 0. The number of halogens is 3. The maximum absolute atomic E-state index is 14.1. The van der Waals surface area contributed by atoms with E-state index in [1.165, 1.54) is 6.07 Å². The summed E-state index contributed by atoms with van der Waals surface area (Å²) in [6.45, 7) is 0. The molecule has 23 heavy (non-hydrogen) atoms. The zero-order chi connectivity index (χ0) is 16.7. The summed E-state index contributed by atoms with van der Waals surface area (Å²) in [5.41, 5.74) is -3.12. The molecule has 1 aromatic rings. The van der Waals surface area contributed by atoms with E-state index in [1.54, 1.807) is 18.2 Å². The van der Waals surface area contributed by atoms with Gasteiger partial charge in [0.05, 0.1) is 5.57 Å². The fourth-order valence-electron chi connectivity index (χ4n) is 3.66. The lowest BCUT2D eigenvalue weighted by molar-refractivity contribution is -0.256. The predicted octanol–water partition coefficient (Wildman–Crippen LogP) is 4.43. The van der Waals surface area contributed by atoms with E-state index < -0.39 is 29.2 Å². The molecule has 1 unspecified atom stereocenters. The first-order valence-corrected chi connectivity index (χ1v) is 7.66. The Morgan fingerprint density at radius 3 is 2.43 bits per heavy atom. The number of para-hydroxylation sites is 1. The number of benzene rings is 1. The van der Waals surface area contributed by atoms with Crippen LogP contribution < -0.4 is 4.74 Å². The predicted molar refractivity (Wildman–Crippen MR) is 78.0 cm³/mol. The molecule has 1 aliphatic heterocycles. The third-order valence-electron chi connectivity index (χ3n) is 4.72. The van der Waals surface area contributed by atoms with E-state index in [4.69, 9.17) is 4.74 Å². The van der Waals surface area contributed by atoms with Crippen molar-refractivity contribution in [2.24, 2.45) is 5.92 Å². The Morgan fingerprint density at radius 1 is 1.17 bits per heavy atom. The molecule has 1 fully saturated rings. The maximum Gasteiger partial charge on any atom is 0.433 e. The zero-order valence-electron chi connectivity index (χ0n) is 12.4. The van der Waals surface area contributed by atoms with Gasteiger partial charge in [0.15, 0.2) is 0 Å². The standard InChI is InChI=1S/C17H17F3O3/c18-17(19,20)16(12-7-2-1-3-8-12)13(15(21)22)10-11-6-4-5-9-14(11)23-16/h4-6,9-10,12H,1-3,7-8H2,(H,21,22). The first-order valence-electron chi connectivity index (χ1n) is 7.66. The van der Waals surface area contributed by atoms with E-state index in [2.05, 4.69) is 0 Å². The molecule has 2 aliphatic rings. The van der Waals surface area contributed by atoms with Crippen LogP contribution in [0.5, 0.6) is 5.75 Å². The Kier molecular flexibility index (Phi) is 3.86. The summed E-state index contributed by atoms with van der Waals surface area (Å²) in [5.74, 6) is -2.38. The normalized spacial score (nSPS) is 25.3. The van der Waals surface area contributed by atoms with E-state index >= 15 is 0 Å². The number of ether oxygens (including phenoxy) is 1. The van der Waals surface area contributed by atoms with Crippen molar-refractivity contribution in [1.29, 1.82) is 0 Å². The minimum absolute atomic E-state index is 0.0837. The number of aliphatic carboxylic acids is 1. The number of alkyl halides is 3.